The minimum Gasteiger partial charge on any atom is -0.384 e. The number of ether oxygens (including phenoxy) is 1. The Balaban J connectivity index is 3.96. The predicted molar refractivity (Wildman–Crippen MR) is 48.6 cm³/mol. The van der Waals surface area contributed by atoms with E-state index >= 15 is 0 Å². The summed E-state index contributed by atoms with van der Waals surface area (Å²) in [5.74, 6) is 0. The first-order valence-corrected chi connectivity index (χ1v) is 4.43. The van der Waals surface area contributed by atoms with Crippen molar-refractivity contribution in [1.29, 1.82) is 0 Å². The molecule has 1 atom stereocenters. The van der Waals surface area contributed by atoms with Gasteiger partial charge in [-0.1, -0.05) is 20.3 Å². The third-order valence-electron chi connectivity index (χ3n) is 2.41. The van der Waals surface area contributed by atoms with Gasteiger partial charge in [0.25, 0.3) is 0 Å². The van der Waals surface area contributed by atoms with Crippen molar-refractivity contribution in [2.24, 2.45) is 11.1 Å². The van der Waals surface area contributed by atoms with Gasteiger partial charge in [-0.25, -0.2) is 0 Å². The van der Waals surface area contributed by atoms with E-state index in [0.29, 0.717) is 0 Å². The highest BCUT2D eigenvalue weighted by molar-refractivity contribution is 4.77. The van der Waals surface area contributed by atoms with Crippen LogP contribution in [0.15, 0.2) is 0 Å². The topological polar surface area (TPSA) is 35.2 Å². The van der Waals surface area contributed by atoms with E-state index < -0.39 is 0 Å². The number of hydrogen-bond donors (Lipinski definition) is 1. The lowest BCUT2D eigenvalue weighted by atomic mass is 9.82. The van der Waals surface area contributed by atoms with Gasteiger partial charge in [0.05, 0.1) is 6.61 Å². The fourth-order valence-corrected chi connectivity index (χ4v) is 1.49. The Labute approximate surface area is 70.1 Å². The molecule has 0 fully saturated rings. The molecular formula is C9H21NO. The van der Waals surface area contributed by atoms with Gasteiger partial charge in [-0.2, -0.15) is 0 Å². The summed E-state index contributed by atoms with van der Waals surface area (Å²) in [5.41, 5.74) is 5.95. The Kier molecular flexibility index (Phi) is 5.51. The average molecular weight is 159 g/mol. The van der Waals surface area contributed by atoms with Crippen LogP contribution in [0.4, 0.5) is 0 Å². The van der Waals surface area contributed by atoms with E-state index in [9.17, 15) is 0 Å². The second kappa shape index (κ2) is 5.56. The molecule has 0 spiro atoms. The van der Waals surface area contributed by atoms with Crippen molar-refractivity contribution >= 4 is 0 Å². The van der Waals surface area contributed by atoms with Crippen LogP contribution in [0.5, 0.6) is 0 Å². The summed E-state index contributed by atoms with van der Waals surface area (Å²) in [6.07, 6.45) is 3.48. The highest BCUT2D eigenvalue weighted by Crippen LogP contribution is 2.26. The summed E-state index contributed by atoms with van der Waals surface area (Å²) < 4.78 is 5.16. The number of nitrogens with two attached hydrogens (primary N) is 1. The largest absolute Gasteiger partial charge is 0.384 e. The molecule has 11 heavy (non-hydrogen) atoms. The van der Waals surface area contributed by atoms with Crippen molar-refractivity contribution in [3.05, 3.63) is 0 Å². The van der Waals surface area contributed by atoms with Crippen LogP contribution in [-0.4, -0.2) is 20.3 Å². The van der Waals surface area contributed by atoms with Gasteiger partial charge in [0, 0.05) is 19.1 Å². The van der Waals surface area contributed by atoms with Gasteiger partial charge in [-0.15, -0.1) is 0 Å². The fourth-order valence-electron chi connectivity index (χ4n) is 1.49. The molecule has 0 saturated carbocycles. The van der Waals surface area contributed by atoms with Crippen molar-refractivity contribution < 1.29 is 4.74 Å². The van der Waals surface area contributed by atoms with Crippen LogP contribution in [0.25, 0.3) is 0 Å². The van der Waals surface area contributed by atoms with Crippen molar-refractivity contribution in [1.82, 2.24) is 0 Å². The molecule has 0 saturated heterocycles. The zero-order chi connectivity index (χ0) is 8.74. The van der Waals surface area contributed by atoms with Crippen molar-refractivity contribution in [3.63, 3.8) is 0 Å². The highest BCUT2D eigenvalue weighted by atomic mass is 16.5. The molecule has 0 bridgehead atoms. The molecule has 0 aliphatic rings. The number of rotatable bonds is 6. The Hall–Kier alpha value is -0.0800. The van der Waals surface area contributed by atoms with Crippen LogP contribution in [-0.2, 0) is 4.74 Å². The molecule has 68 valence electrons. The van der Waals surface area contributed by atoms with Gasteiger partial charge in [0.1, 0.15) is 0 Å². The molecule has 0 aromatic rings. The van der Waals surface area contributed by atoms with E-state index in [2.05, 4.69) is 13.8 Å². The molecule has 0 rings (SSSR count). The monoisotopic (exact) mass is 159 g/mol. The standard InChI is InChI=1S/C9H21NO/c1-4-6-9(5-2,7-10)8-11-3/h4-8,10H2,1-3H3. The number of hydrogen-bond acceptors (Lipinski definition) is 2. The van der Waals surface area contributed by atoms with E-state index in [0.717, 1.165) is 19.6 Å². The Bertz CT molecular complexity index is 81.6. The zero-order valence-electron chi connectivity index (χ0n) is 8.02. The Morgan fingerprint density at radius 3 is 2.27 bits per heavy atom. The van der Waals surface area contributed by atoms with Crippen LogP contribution < -0.4 is 5.73 Å². The van der Waals surface area contributed by atoms with Crippen LogP contribution in [0.1, 0.15) is 33.1 Å². The quantitative estimate of drug-likeness (QED) is 0.641. The second-order valence-corrected chi connectivity index (χ2v) is 3.24. The summed E-state index contributed by atoms with van der Waals surface area (Å²) in [6.45, 7) is 5.91. The Morgan fingerprint density at radius 1 is 1.36 bits per heavy atom. The van der Waals surface area contributed by atoms with Gasteiger partial charge in [-0.05, 0) is 12.8 Å². The minimum atomic E-state index is 0.240. The first-order chi connectivity index (χ1) is 5.24. The predicted octanol–water partition coefficient (Wildman–Crippen LogP) is 1.79. The van der Waals surface area contributed by atoms with Crippen LogP contribution in [0.2, 0.25) is 0 Å². The Morgan fingerprint density at radius 2 is 2.00 bits per heavy atom. The summed E-state index contributed by atoms with van der Waals surface area (Å²) in [4.78, 5) is 0. The summed E-state index contributed by atoms with van der Waals surface area (Å²) in [7, 11) is 1.75. The average Bonchev–Trinajstić information content (AvgIpc) is 2.04. The molecule has 0 heterocycles. The first-order valence-electron chi connectivity index (χ1n) is 4.43. The summed E-state index contributed by atoms with van der Waals surface area (Å²) >= 11 is 0. The fraction of sp³-hybridized carbons (Fsp3) is 1.00. The maximum Gasteiger partial charge on any atom is 0.0530 e. The molecule has 0 radical (unpaired) electrons. The SMILES string of the molecule is CCCC(CC)(CN)COC. The highest BCUT2D eigenvalue weighted by Gasteiger charge is 2.24. The molecule has 0 amide bonds. The van der Waals surface area contributed by atoms with E-state index in [-0.39, 0.29) is 5.41 Å². The van der Waals surface area contributed by atoms with Gasteiger partial charge in [0.15, 0.2) is 0 Å². The summed E-state index contributed by atoms with van der Waals surface area (Å²) in [6, 6.07) is 0. The maximum atomic E-state index is 5.71. The van der Waals surface area contributed by atoms with E-state index in [4.69, 9.17) is 10.5 Å². The molecule has 2 nitrogen and oxygen atoms in total. The summed E-state index contributed by atoms with van der Waals surface area (Å²) in [5, 5.41) is 0. The molecular weight excluding hydrogens is 138 g/mol. The van der Waals surface area contributed by atoms with Gasteiger partial charge >= 0.3 is 0 Å². The molecule has 1 unspecified atom stereocenters. The smallest absolute Gasteiger partial charge is 0.0530 e. The minimum absolute atomic E-state index is 0.240. The van der Waals surface area contributed by atoms with Gasteiger partial charge in [-0.3, -0.25) is 0 Å². The van der Waals surface area contributed by atoms with E-state index in [1.807, 2.05) is 0 Å². The molecule has 0 aromatic heterocycles. The zero-order valence-corrected chi connectivity index (χ0v) is 8.02. The van der Waals surface area contributed by atoms with E-state index in [1.165, 1.54) is 12.8 Å². The second-order valence-electron chi connectivity index (χ2n) is 3.24. The van der Waals surface area contributed by atoms with Crippen LogP contribution >= 0.6 is 0 Å². The van der Waals surface area contributed by atoms with Gasteiger partial charge < -0.3 is 10.5 Å². The van der Waals surface area contributed by atoms with Crippen molar-refractivity contribution in [3.8, 4) is 0 Å². The lowest BCUT2D eigenvalue weighted by Crippen LogP contribution is -2.34. The lowest BCUT2D eigenvalue weighted by Gasteiger charge is -2.29. The number of methoxy groups -OCH3 is 1. The maximum absolute atomic E-state index is 5.71. The molecule has 0 aromatic carbocycles. The van der Waals surface area contributed by atoms with Crippen LogP contribution in [0, 0.1) is 5.41 Å². The van der Waals surface area contributed by atoms with Crippen LogP contribution in [0.3, 0.4) is 0 Å². The van der Waals surface area contributed by atoms with E-state index in [1.54, 1.807) is 7.11 Å². The molecule has 2 heteroatoms. The molecule has 0 aliphatic carbocycles. The van der Waals surface area contributed by atoms with Gasteiger partial charge in [0.2, 0.25) is 0 Å². The third-order valence-corrected chi connectivity index (χ3v) is 2.41. The first kappa shape index (κ1) is 10.9. The molecule has 2 N–H and O–H groups in total. The van der Waals surface area contributed by atoms with Crippen molar-refractivity contribution in [2.45, 2.75) is 33.1 Å². The molecule has 0 aliphatic heterocycles. The lowest BCUT2D eigenvalue weighted by molar-refractivity contribution is 0.0741. The van der Waals surface area contributed by atoms with Crippen molar-refractivity contribution in [2.75, 3.05) is 20.3 Å². The third kappa shape index (κ3) is 3.21. The normalized spacial score (nSPS) is 16.4.